The molecule has 0 saturated carbocycles. The number of para-hydroxylation sites is 1. The van der Waals surface area contributed by atoms with Gasteiger partial charge in [0.25, 0.3) is 0 Å². The number of benzene rings is 2. The molecule has 0 bridgehead atoms. The fourth-order valence-electron chi connectivity index (χ4n) is 3.83. The van der Waals surface area contributed by atoms with Crippen molar-refractivity contribution < 1.29 is 9.53 Å². The molecule has 1 aliphatic heterocycles. The normalized spacial score (nSPS) is 14.9. The van der Waals surface area contributed by atoms with Crippen LogP contribution in [0.2, 0.25) is 0 Å². The molecule has 1 unspecified atom stereocenters. The highest BCUT2D eigenvalue weighted by Gasteiger charge is 2.35. The summed E-state index contributed by atoms with van der Waals surface area (Å²) >= 11 is 1.57. The second kappa shape index (κ2) is 9.69. The molecule has 0 saturated heterocycles. The zero-order chi connectivity index (χ0) is 22.7. The molecule has 4 rings (SSSR count). The van der Waals surface area contributed by atoms with Gasteiger partial charge in [0.05, 0.1) is 5.69 Å². The first-order chi connectivity index (χ1) is 15.5. The lowest BCUT2D eigenvalue weighted by molar-refractivity contribution is -0.120. The molecule has 1 amide bonds. The van der Waals surface area contributed by atoms with Crippen LogP contribution >= 0.6 is 11.8 Å². The van der Waals surface area contributed by atoms with Crippen LogP contribution in [-0.2, 0) is 4.79 Å². The fraction of sp³-hybridized carbons (Fsp3) is 0.360. The van der Waals surface area contributed by atoms with Gasteiger partial charge in [-0.2, -0.15) is 4.98 Å². The third-order valence-electron chi connectivity index (χ3n) is 5.50. The Labute approximate surface area is 193 Å². The van der Waals surface area contributed by atoms with E-state index in [0.717, 1.165) is 46.5 Å². The second-order valence-electron chi connectivity index (χ2n) is 7.91. The second-order valence-corrected chi connectivity index (χ2v) is 8.98. The van der Waals surface area contributed by atoms with Crippen LogP contribution in [0.5, 0.6) is 5.88 Å². The Bertz CT molecular complexity index is 1130. The van der Waals surface area contributed by atoms with E-state index in [0.29, 0.717) is 23.2 Å². The van der Waals surface area contributed by atoms with E-state index in [1.54, 1.807) is 16.7 Å². The Hall–Kier alpha value is -2.93. The smallest absolute Gasteiger partial charge is 0.247 e. The SMILES string of the molecule is CCCCSc1nnc2c(n1)OC(c1ccc(C)cc1C)N(C(=O)CC)c1ccccc1-2. The van der Waals surface area contributed by atoms with Gasteiger partial charge in [-0.05, 0) is 31.9 Å². The lowest BCUT2D eigenvalue weighted by Gasteiger charge is -2.31. The van der Waals surface area contributed by atoms with E-state index < -0.39 is 6.23 Å². The van der Waals surface area contributed by atoms with Gasteiger partial charge in [0.1, 0.15) is 0 Å². The van der Waals surface area contributed by atoms with Crippen LogP contribution in [0, 0.1) is 13.8 Å². The minimum absolute atomic E-state index is 0.0271. The lowest BCUT2D eigenvalue weighted by atomic mass is 10.0. The topological polar surface area (TPSA) is 68.2 Å². The monoisotopic (exact) mass is 448 g/mol. The molecule has 3 aromatic rings. The number of ether oxygens (including phenoxy) is 1. The molecule has 0 N–H and O–H groups in total. The van der Waals surface area contributed by atoms with E-state index in [1.807, 2.05) is 50.2 Å². The first-order valence-electron chi connectivity index (χ1n) is 11.1. The summed E-state index contributed by atoms with van der Waals surface area (Å²) in [5, 5.41) is 9.41. The quantitative estimate of drug-likeness (QED) is 0.346. The molecule has 0 fully saturated rings. The van der Waals surface area contributed by atoms with Crippen LogP contribution < -0.4 is 9.64 Å². The molecule has 1 aliphatic rings. The minimum atomic E-state index is -0.643. The van der Waals surface area contributed by atoms with Crippen molar-refractivity contribution in [2.45, 2.75) is 58.3 Å². The number of hydrogen-bond acceptors (Lipinski definition) is 6. The highest BCUT2D eigenvalue weighted by molar-refractivity contribution is 7.99. The molecule has 0 aliphatic carbocycles. The Morgan fingerprint density at radius 3 is 2.69 bits per heavy atom. The molecule has 6 nitrogen and oxygen atoms in total. The summed E-state index contributed by atoms with van der Waals surface area (Å²) in [6, 6.07) is 13.9. The fourth-order valence-corrected chi connectivity index (χ4v) is 4.69. The standard InChI is InChI=1S/C25H28N4O2S/c1-5-7-14-32-25-26-23-22(27-28-25)19-10-8-9-11-20(19)29(21(30)6-2)24(31-23)18-13-12-16(3)15-17(18)4/h8-13,15,24H,5-7,14H2,1-4H3. The largest absolute Gasteiger partial charge is 0.447 e. The van der Waals surface area contributed by atoms with Crippen LogP contribution in [0.15, 0.2) is 47.6 Å². The molecule has 0 spiro atoms. The van der Waals surface area contributed by atoms with Gasteiger partial charge in [-0.3, -0.25) is 9.69 Å². The van der Waals surface area contributed by atoms with Crippen LogP contribution in [0.1, 0.15) is 56.0 Å². The van der Waals surface area contributed by atoms with Crippen molar-refractivity contribution in [2.75, 3.05) is 10.7 Å². The third-order valence-corrected chi connectivity index (χ3v) is 6.43. The number of nitrogens with zero attached hydrogens (tertiary/aromatic N) is 4. The number of carbonyl (C=O) groups excluding carboxylic acids is 1. The molecule has 1 atom stereocenters. The molecular weight excluding hydrogens is 420 g/mol. The van der Waals surface area contributed by atoms with Crippen molar-refractivity contribution in [2.24, 2.45) is 0 Å². The van der Waals surface area contributed by atoms with Crippen molar-refractivity contribution in [1.29, 1.82) is 0 Å². The maximum absolute atomic E-state index is 13.2. The first kappa shape index (κ1) is 22.3. The number of fused-ring (bicyclic) bond motifs is 3. The van der Waals surface area contributed by atoms with Crippen molar-refractivity contribution >= 4 is 23.4 Å². The molecule has 1 aromatic heterocycles. The van der Waals surface area contributed by atoms with Gasteiger partial charge in [0.2, 0.25) is 23.2 Å². The average molecular weight is 449 g/mol. The first-order valence-corrected chi connectivity index (χ1v) is 12.0. The number of rotatable bonds is 6. The number of amides is 1. The van der Waals surface area contributed by atoms with Crippen molar-refractivity contribution in [3.05, 3.63) is 59.2 Å². The van der Waals surface area contributed by atoms with E-state index in [-0.39, 0.29) is 5.91 Å². The maximum atomic E-state index is 13.2. The van der Waals surface area contributed by atoms with Crippen LogP contribution in [0.4, 0.5) is 5.69 Å². The Morgan fingerprint density at radius 2 is 1.94 bits per heavy atom. The van der Waals surface area contributed by atoms with Gasteiger partial charge >= 0.3 is 0 Å². The van der Waals surface area contributed by atoms with Gasteiger partial charge in [-0.15, -0.1) is 10.2 Å². The third kappa shape index (κ3) is 4.35. The van der Waals surface area contributed by atoms with Crippen LogP contribution in [0.25, 0.3) is 11.3 Å². The molecule has 7 heteroatoms. The number of unbranched alkanes of at least 4 members (excludes halogenated alkanes) is 1. The lowest BCUT2D eigenvalue weighted by Crippen LogP contribution is -2.37. The summed E-state index contributed by atoms with van der Waals surface area (Å²) in [6.07, 6.45) is 1.90. The van der Waals surface area contributed by atoms with E-state index >= 15 is 0 Å². The van der Waals surface area contributed by atoms with Gasteiger partial charge < -0.3 is 4.74 Å². The summed E-state index contributed by atoms with van der Waals surface area (Å²) < 4.78 is 6.51. The maximum Gasteiger partial charge on any atom is 0.247 e. The van der Waals surface area contributed by atoms with Gasteiger partial charge in [0, 0.05) is 23.3 Å². The summed E-state index contributed by atoms with van der Waals surface area (Å²) in [5.41, 5.74) is 5.25. The minimum Gasteiger partial charge on any atom is -0.447 e. The number of carbonyl (C=O) groups is 1. The van der Waals surface area contributed by atoms with E-state index in [9.17, 15) is 4.79 Å². The number of aryl methyl sites for hydroxylation is 2. The predicted molar refractivity (Wildman–Crippen MR) is 128 cm³/mol. The zero-order valence-corrected chi connectivity index (χ0v) is 19.8. The van der Waals surface area contributed by atoms with Crippen molar-refractivity contribution in [3.8, 4) is 17.1 Å². The van der Waals surface area contributed by atoms with E-state index in [4.69, 9.17) is 9.72 Å². The molecule has 2 aromatic carbocycles. The van der Waals surface area contributed by atoms with E-state index in [1.165, 1.54) is 0 Å². The van der Waals surface area contributed by atoms with Crippen LogP contribution in [0.3, 0.4) is 0 Å². The molecular formula is C25H28N4O2S. The van der Waals surface area contributed by atoms with E-state index in [2.05, 4.69) is 30.1 Å². The number of thioether (sulfide) groups is 1. The molecule has 166 valence electrons. The molecule has 32 heavy (non-hydrogen) atoms. The molecule has 2 heterocycles. The van der Waals surface area contributed by atoms with Gasteiger partial charge in [0.15, 0.2) is 5.69 Å². The summed E-state index contributed by atoms with van der Waals surface area (Å²) in [6.45, 7) is 8.12. The number of hydrogen-bond donors (Lipinski definition) is 0. The number of aromatic nitrogens is 3. The Morgan fingerprint density at radius 1 is 1.12 bits per heavy atom. The average Bonchev–Trinajstić information content (AvgIpc) is 2.93. The number of anilines is 1. The Balaban J connectivity index is 1.89. The summed E-state index contributed by atoms with van der Waals surface area (Å²) in [7, 11) is 0. The van der Waals surface area contributed by atoms with Crippen LogP contribution in [-0.4, -0.2) is 26.8 Å². The highest BCUT2D eigenvalue weighted by atomic mass is 32.2. The summed E-state index contributed by atoms with van der Waals surface area (Å²) in [5.74, 6) is 1.30. The highest BCUT2D eigenvalue weighted by Crippen LogP contribution is 2.44. The Kier molecular flexibility index (Phi) is 6.74. The predicted octanol–water partition coefficient (Wildman–Crippen LogP) is 5.88. The summed E-state index contributed by atoms with van der Waals surface area (Å²) in [4.78, 5) is 19.7. The van der Waals surface area contributed by atoms with Crippen molar-refractivity contribution in [3.63, 3.8) is 0 Å². The molecule has 0 radical (unpaired) electrons. The van der Waals surface area contributed by atoms with Gasteiger partial charge in [-0.25, -0.2) is 0 Å². The van der Waals surface area contributed by atoms with Crippen molar-refractivity contribution in [1.82, 2.24) is 15.2 Å². The van der Waals surface area contributed by atoms with Gasteiger partial charge in [-0.1, -0.05) is 74.0 Å². The zero-order valence-electron chi connectivity index (χ0n) is 19.0.